The highest BCUT2D eigenvalue weighted by Gasteiger charge is 2.31. The van der Waals surface area contributed by atoms with Gasteiger partial charge in [-0.3, -0.25) is 13.9 Å². The van der Waals surface area contributed by atoms with E-state index in [1.807, 2.05) is 26.0 Å². The molecule has 9 heteroatoms. The highest BCUT2D eigenvalue weighted by atomic mass is 32.2. The summed E-state index contributed by atoms with van der Waals surface area (Å²) in [7, 11) is -3.81. The topological polar surface area (TPSA) is 86.8 Å². The van der Waals surface area contributed by atoms with Crippen LogP contribution in [0.25, 0.3) is 0 Å². The minimum atomic E-state index is -3.81. The standard InChI is InChI=1S/C27H36FN3O4S/c1-19(2)21-13-15-24(16-14-21)31(36(4,34)35)18-26(32)30(17-22-9-5-8-12-25(22)28)20(3)27(33)29-23-10-6-7-11-23/h5,8-9,12-16,19-20,23H,6-7,10-11,17-18H2,1-4H3,(H,29,33)/t20-/m0/s1. The summed E-state index contributed by atoms with van der Waals surface area (Å²) in [6, 6.07) is 12.2. The number of carbonyl (C=O) groups is 2. The Kier molecular flexibility index (Phi) is 9.11. The molecule has 0 heterocycles. The van der Waals surface area contributed by atoms with Crippen LogP contribution < -0.4 is 9.62 Å². The van der Waals surface area contributed by atoms with Crippen molar-refractivity contribution in [3.8, 4) is 0 Å². The molecule has 1 N–H and O–H groups in total. The lowest BCUT2D eigenvalue weighted by atomic mass is 10.0. The van der Waals surface area contributed by atoms with E-state index in [4.69, 9.17) is 0 Å². The van der Waals surface area contributed by atoms with Gasteiger partial charge >= 0.3 is 0 Å². The molecule has 1 fully saturated rings. The zero-order valence-electron chi connectivity index (χ0n) is 21.4. The second kappa shape index (κ2) is 11.9. The van der Waals surface area contributed by atoms with Gasteiger partial charge in [0.1, 0.15) is 18.4 Å². The highest BCUT2D eigenvalue weighted by Crippen LogP contribution is 2.23. The van der Waals surface area contributed by atoms with Crippen molar-refractivity contribution < 1.29 is 22.4 Å². The number of nitrogens with zero attached hydrogens (tertiary/aromatic N) is 2. The number of amides is 2. The number of carbonyl (C=O) groups excluding carboxylic acids is 2. The van der Waals surface area contributed by atoms with Crippen molar-refractivity contribution in [1.82, 2.24) is 10.2 Å². The predicted molar refractivity (Wildman–Crippen MR) is 140 cm³/mol. The first-order chi connectivity index (χ1) is 17.0. The maximum atomic E-state index is 14.5. The molecule has 1 aliphatic rings. The maximum absolute atomic E-state index is 14.5. The first kappa shape index (κ1) is 27.6. The molecule has 36 heavy (non-hydrogen) atoms. The Morgan fingerprint density at radius 2 is 1.64 bits per heavy atom. The Morgan fingerprint density at radius 3 is 2.19 bits per heavy atom. The summed E-state index contributed by atoms with van der Waals surface area (Å²) in [6.45, 7) is 4.99. The molecule has 0 radical (unpaired) electrons. The number of sulfonamides is 1. The summed E-state index contributed by atoms with van der Waals surface area (Å²) in [5, 5.41) is 2.99. The highest BCUT2D eigenvalue weighted by molar-refractivity contribution is 7.92. The van der Waals surface area contributed by atoms with Crippen LogP contribution in [0.3, 0.4) is 0 Å². The summed E-state index contributed by atoms with van der Waals surface area (Å²) in [5.74, 6) is -1.16. The number of hydrogen-bond acceptors (Lipinski definition) is 4. The van der Waals surface area contributed by atoms with Crippen LogP contribution in [-0.4, -0.2) is 50.0 Å². The number of rotatable bonds is 10. The van der Waals surface area contributed by atoms with Gasteiger partial charge in [-0.2, -0.15) is 0 Å². The van der Waals surface area contributed by atoms with E-state index < -0.39 is 34.3 Å². The second-order valence-electron chi connectivity index (χ2n) is 9.79. The average molecular weight is 518 g/mol. The lowest BCUT2D eigenvalue weighted by Crippen LogP contribution is -2.52. The fourth-order valence-electron chi connectivity index (χ4n) is 4.42. The molecule has 1 atom stereocenters. The van der Waals surface area contributed by atoms with E-state index in [1.165, 1.54) is 11.0 Å². The summed E-state index contributed by atoms with van der Waals surface area (Å²) in [4.78, 5) is 27.9. The van der Waals surface area contributed by atoms with Crippen LogP contribution >= 0.6 is 0 Å². The van der Waals surface area contributed by atoms with E-state index in [1.54, 1.807) is 37.3 Å². The minimum absolute atomic E-state index is 0.0531. The van der Waals surface area contributed by atoms with Crippen LogP contribution in [0, 0.1) is 5.82 Å². The van der Waals surface area contributed by atoms with Gasteiger partial charge in [0.25, 0.3) is 0 Å². The lowest BCUT2D eigenvalue weighted by Gasteiger charge is -2.32. The SMILES string of the molecule is CC(C)c1ccc(N(CC(=O)N(Cc2ccccc2F)[C@@H](C)C(=O)NC2CCCC2)S(C)(=O)=O)cc1. The Hall–Kier alpha value is -2.94. The third-order valence-electron chi connectivity index (χ3n) is 6.69. The molecule has 3 rings (SSSR count). The van der Waals surface area contributed by atoms with Gasteiger partial charge in [-0.25, -0.2) is 12.8 Å². The monoisotopic (exact) mass is 517 g/mol. The average Bonchev–Trinajstić information content (AvgIpc) is 3.34. The maximum Gasteiger partial charge on any atom is 0.244 e. The Labute approximate surface area is 213 Å². The smallest absolute Gasteiger partial charge is 0.244 e. The van der Waals surface area contributed by atoms with Crippen LogP contribution in [0.4, 0.5) is 10.1 Å². The molecule has 0 bridgehead atoms. The molecule has 2 amide bonds. The van der Waals surface area contributed by atoms with Crippen molar-refractivity contribution in [3.05, 3.63) is 65.5 Å². The molecular weight excluding hydrogens is 481 g/mol. The number of hydrogen-bond donors (Lipinski definition) is 1. The van der Waals surface area contributed by atoms with Gasteiger partial charge in [0.2, 0.25) is 21.8 Å². The van der Waals surface area contributed by atoms with Gasteiger partial charge in [0, 0.05) is 18.2 Å². The van der Waals surface area contributed by atoms with Crippen molar-refractivity contribution in [2.45, 2.75) is 71.0 Å². The molecule has 1 aliphatic carbocycles. The largest absolute Gasteiger partial charge is 0.352 e. The first-order valence-corrected chi connectivity index (χ1v) is 14.2. The third kappa shape index (κ3) is 7.06. The Bertz CT molecular complexity index is 1160. The molecular formula is C27H36FN3O4S. The summed E-state index contributed by atoms with van der Waals surface area (Å²) in [6.07, 6.45) is 4.88. The molecule has 2 aromatic rings. The second-order valence-corrected chi connectivity index (χ2v) is 11.7. The molecule has 2 aromatic carbocycles. The molecule has 0 aromatic heterocycles. The molecule has 0 aliphatic heterocycles. The lowest BCUT2D eigenvalue weighted by molar-refractivity contribution is -0.139. The van der Waals surface area contributed by atoms with Crippen molar-refractivity contribution in [3.63, 3.8) is 0 Å². The van der Waals surface area contributed by atoms with Gasteiger partial charge < -0.3 is 10.2 Å². The van der Waals surface area contributed by atoms with Gasteiger partial charge in [-0.1, -0.05) is 57.0 Å². The molecule has 0 spiro atoms. The summed E-state index contributed by atoms with van der Waals surface area (Å²) < 4.78 is 40.8. The molecule has 0 saturated heterocycles. The van der Waals surface area contributed by atoms with Gasteiger partial charge in [0.05, 0.1) is 11.9 Å². The number of anilines is 1. The van der Waals surface area contributed by atoms with Crippen LogP contribution in [0.2, 0.25) is 0 Å². The van der Waals surface area contributed by atoms with E-state index in [0.29, 0.717) is 5.69 Å². The molecule has 7 nitrogen and oxygen atoms in total. The van der Waals surface area contributed by atoms with Crippen LogP contribution in [0.15, 0.2) is 48.5 Å². The van der Waals surface area contributed by atoms with Crippen molar-refractivity contribution >= 4 is 27.5 Å². The van der Waals surface area contributed by atoms with Crippen molar-refractivity contribution in [1.29, 1.82) is 0 Å². The first-order valence-electron chi connectivity index (χ1n) is 12.4. The predicted octanol–water partition coefficient (Wildman–Crippen LogP) is 4.19. The number of benzene rings is 2. The number of nitrogens with one attached hydrogen (secondary N) is 1. The fourth-order valence-corrected chi connectivity index (χ4v) is 5.27. The Morgan fingerprint density at radius 1 is 1.03 bits per heavy atom. The zero-order valence-corrected chi connectivity index (χ0v) is 22.2. The van der Waals surface area contributed by atoms with Crippen LogP contribution in [0.1, 0.15) is 63.5 Å². The van der Waals surface area contributed by atoms with E-state index >= 15 is 0 Å². The van der Waals surface area contributed by atoms with Gasteiger partial charge in [-0.05, 0) is 49.4 Å². The number of halogens is 1. The van der Waals surface area contributed by atoms with Crippen LogP contribution in [0.5, 0.6) is 0 Å². The zero-order chi connectivity index (χ0) is 26.5. The summed E-state index contributed by atoms with van der Waals surface area (Å²) >= 11 is 0. The van der Waals surface area contributed by atoms with E-state index in [-0.39, 0.29) is 30.0 Å². The van der Waals surface area contributed by atoms with E-state index in [2.05, 4.69) is 5.32 Å². The van der Waals surface area contributed by atoms with E-state index in [9.17, 15) is 22.4 Å². The fraction of sp³-hybridized carbons (Fsp3) is 0.481. The molecule has 1 saturated carbocycles. The normalized spacial score (nSPS) is 15.1. The van der Waals surface area contributed by atoms with E-state index in [0.717, 1.165) is 41.8 Å². The third-order valence-corrected chi connectivity index (χ3v) is 7.83. The Balaban J connectivity index is 1.88. The molecule has 196 valence electrons. The van der Waals surface area contributed by atoms with Gasteiger partial charge in [0.15, 0.2) is 0 Å². The van der Waals surface area contributed by atoms with Gasteiger partial charge in [-0.15, -0.1) is 0 Å². The van der Waals surface area contributed by atoms with Crippen molar-refractivity contribution in [2.24, 2.45) is 0 Å². The quantitative estimate of drug-likeness (QED) is 0.512. The summed E-state index contributed by atoms with van der Waals surface area (Å²) in [5.41, 5.74) is 1.64. The van der Waals surface area contributed by atoms with Crippen molar-refractivity contribution in [2.75, 3.05) is 17.1 Å². The minimum Gasteiger partial charge on any atom is -0.352 e. The molecule has 0 unspecified atom stereocenters. The van der Waals surface area contributed by atoms with Crippen LogP contribution in [-0.2, 0) is 26.2 Å².